The molecule has 0 unspecified atom stereocenters. The fraction of sp³-hybridized carbons (Fsp3) is 0.474. The molecule has 0 atom stereocenters. The van der Waals surface area contributed by atoms with Crippen LogP contribution in [0.3, 0.4) is 0 Å². The van der Waals surface area contributed by atoms with Crippen LogP contribution in [0.5, 0.6) is 0 Å². The summed E-state index contributed by atoms with van der Waals surface area (Å²) in [6.45, 7) is 15.2. The molecule has 5 rings (SSSR count). The first-order valence-electron chi connectivity index (χ1n) is 16.3. The summed E-state index contributed by atoms with van der Waals surface area (Å²) in [5.41, 5.74) is 7.36. The number of carbonyl (C=O) groups is 1. The van der Waals surface area contributed by atoms with Gasteiger partial charge in [-0.05, 0) is 56.5 Å². The highest BCUT2D eigenvalue weighted by Crippen LogP contribution is 2.50. The predicted octanol–water partition coefficient (Wildman–Crippen LogP) is 9.99. The molecule has 2 heterocycles. The standard InChI is InChI=1S/C38H47BrN2O2/c1-7-9-11-15-21-40-31-18-14-13-17-29(31)37(3,4)33(40)24-27-35(42)28(36(27)43)25-34-38(5,6)30-23-26(39)19-20-32(30)41(34)22-16-12-10-8-2/h13-14,17-20,23-25H,7-12,15-16,21-22H2,1-6H3/p+1. The second-order valence-electron chi connectivity index (χ2n) is 13.4. The first-order valence-corrected chi connectivity index (χ1v) is 17.1. The first-order chi connectivity index (χ1) is 20.5. The van der Waals surface area contributed by atoms with E-state index in [0.717, 1.165) is 41.8 Å². The van der Waals surface area contributed by atoms with Crippen molar-refractivity contribution in [3.8, 4) is 0 Å². The quantitative estimate of drug-likeness (QED) is 0.142. The average molecular weight is 645 g/mol. The first kappa shape index (κ1) is 31.5. The number of nitrogens with zero attached hydrogens (tertiary/aromatic N) is 2. The van der Waals surface area contributed by atoms with E-state index < -0.39 is 0 Å². The lowest BCUT2D eigenvalue weighted by Crippen LogP contribution is -2.32. The van der Waals surface area contributed by atoms with Crippen molar-refractivity contribution in [3.05, 3.63) is 92.8 Å². The number of para-hydroxylation sites is 1. The zero-order chi connectivity index (χ0) is 30.9. The maximum Gasteiger partial charge on any atom is 0.209 e. The molecular weight excluding hydrogens is 596 g/mol. The van der Waals surface area contributed by atoms with Crippen molar-refractivity contribution in [1.29, 1.82) is 0 Å². The fourth-order valence-corrected chi connectivity index (χ4v) is 7.43. The number of hydrogen-bond acceptors (Lipinski definition) is 3. The van der Waals surface area contributed by atoms with Gasteiger partial charge in [-0.3, -0.25) is 4.79 Å². The molecule has 2 aromatic rings. The molecule has 2 aliphatic heterocycles. The smallest absolute Gasteiger partial charge is 0.209 e. The maximum absolute atomic E-state index is 13.8. The Labute approximate surface area is 267 Å². The van der Waals surface area contributed by atoms with Gasteiger partial charge in [-0.25, -0.2) is 0 Å². The SMILES string of the molecule is CCCCCCN1C(=CC2=C(O)C(=CC3=[N+](CCCCCC)c4ccccc4C3(C)C)C2=O)C(C)(C)c2cc(Br)ccc21. The van der Waals surface area contributed by atoms with Crippen LogP contribution in [0.25, 0.3) is 0 Å². The Morgan fingerprint density at radius 2 is 1.56 bits per heavy atom. The number of rotatable bonds is 12. The number of fused-ring (bicyclic) bond motifs is 2. The third-order valence-electron chi connectivity index (χ3n) is 9.69. The van der Waals surface area contributed by atoms with E-state index in [9.17, 15) is 9.90 Å². The lowest BCUT2D eigenvalue weighted by Gasteiger charge is -2.29. The molecule has 0 radical (unpaired) electrons. The Morgan fingerprint density at radius 1 is 0.860 bits per heavy atom. The van der Waals surface area contributed by atoms with Crippen molar-refractivity contribution < 1.29 is 14.5 Å². The van der Waals surface area contributed by atoms with E-state index >= 15 is 0 Å². The van der Waals surface area contributed by atoms with E-state index in [-0.39, 0.29) is 22.4 Å². The molecule has 0 fully saturated rings. The number of anilines is 1. The predicted molar refractivity (Wildman–Crippen MR) is 183 cm³/mol. The van der Waals surface area contributed by atoms with Gasteiger partial charge in [-0.1, -0.05) is 93.9 Å². The van der Waals surface area contributed by atoms with Crippen LogP contribution < -0.4 is 4.90 Å². The van der Waals surface area contributed by atoms with E-state index in [4.69, 9.17) is 0 Å². The van der Waals surface area contributed by atoms with E-state index in [1.807, 2.05) is 12.2 Å². The number of benzene rings is 2. The summed E-state index contributed by atoms with van der Waals surface area (Å²) < 4.78 is 3.43. The molecule has 0 spiro atoms. The molecule has 0 aromatic heterocycles. The second kappa shape index (κ2) is 12.6. The summed E-state index contributed by atoms with van der Waals surface area (Å²) in [5.74, 6) is 0.0376. The van der Waals surface area contributed by atoms with Gasteiger partial charge >= 0.3 is 0 Å². The van der Waals surface area contributed by atoms with Crippen molar-refractivity contribution in [2.75, 3.05) is 18.0 Å². The minimum atomic E-state index is -0.296. The molecule has 228 valence electrons. The molecule has 4 nitrogen and oxygen atoms in total. The van der Waals surface area contributed by atoms with Crippen molar-refractivity contribution in [1.82, 2.24) is 0 Å². The van der Waals surface area contributed by atoms with Gasteiger partial charge in [0, 0.05) is 51.9 Å². The topological polar surface area (TPSA) is 43.5 Å². The average Bonchev–Trinajstić information content (AvgIpc) is 3.32. The van der Waals surface area contributed by atoms with Gasteiger partial charge in [0.05, 0.1) is 16.6 Å². The molecule has 5 heteroatoms. The molecule has 1 aliphatic carbocycles. The summed E-state index contributed by atoms with van der Waals surface area (Å²) in [6, 6.07) is 15.0. The van der Waals surface area contributed by atoms with Crippen molar-refractivity contribution >= 4 is 38.8 Å². The Balaban J connectivity index is 1.52. The third kappa shape index (κ3) is 5.70. The van der Waals surface area contributed by atoms with Gasteiger partial charge in [0.1, 0.15) is 12.3 Å². The van der Waals surface area contributed by atoms with Gasteiger partial charge in [0.15, 0.2) is 5.71 Å². The van der Waals surface area contributed by atoms with Crippen LogP contribution in [-0.4, -0.2) is 34.3 Å². The summed E-state index contributed by atoms with van der Waals surface area (Å²) in [7, 11) is 0. The molecular formula is C38H48BrN2O2+. The molecule has 0 bridgehead atoms. The number of allylic oxidation sites excluding steroid dienone is 5. The highest BCUT2D eigenvalue weighted by atomic mass is 79.9. The number of carbonyl (C=O) groups excluding carboxylic acids is 1. The van der Waals surface area contributed by atoms with E-state index in [1.165, 1.54) is 61.0 Å². The molecule has 0 saturated heterocycles. The highest BCUT2D eigenvalue weighted by Gasteiger charge is 2.47. The fourth-order valence-electron chi connectivity index (χ4n) is 7.07. The zero-order valence-corrected chi connectivity index (χ0v) is 28.5. The van der Waals surface area contributed by atoms with Gasteiger partial charge in [-0.2, -0.15) is 4.58 Å². The van der Waals surface area contributed by atoms with Crippen LogP contribution in [0.4, 0.5) is 11.4 Å². The number of Topliss-reactive ketones (excluding diaryl/α,β-unsaturated/α-hetero) is 1. The molecule has 3 aliphatic rings. The normalized spacial score (nSPS) is 20.3. The van der Waals surface area contributed by atoms with Crippen molar-refractivity contribution in [2.45, 2.75) is 104 Å². The van der Waals surface area contributed by atoms with E-state index in [2.05, 4.69) is 109 Å². The van der Waals surface area contributed by atoms with Gasteiger partial charge < -0.3 is 10.0 Å². The molecule has 0 saturated carbocycles. The molecule has 43 heavy (non-hydrogen) atoms. The van der Waals surface area contributed by atoms with Gasteiger partial charge in [-0.15, -0.1) is 0 Å². The Bertz CT molecular complexity index is 1540. The molecule has 2 aromatic carbocycles. The van der Waals surface area contributed by atoms with Crippen molar-refractivity contribution in [3.63, 3.8) is 0 Å². The van der Waals surface area contributed by atoms with Gasteiger partial charge in [0.25, 0.3) is 0 Å². The van der Waals surface area contributed by atoms with Gasteiger partial charge in [0.2, 0.25) is 11.5 Å². The van der Waals surface area contributed by atoms with Crippen LogP contribution in [0, 0.1) is 0 Å². The lowest BCUT2D eigenvalue weighted by atomic mass is 9.77. The Morgan fingerprint density at radius 3 is 2.26 bits per heavy atom. The zero-order valence-electron chi connectivity index (χ0n) is 26.9. The van der Waals surface area contributed by atoms with Crippen LogP contribution in [-0.2, 0) is 15.6 Å². The highest BCUT2D eigenvalue weighted by molar-refractivity contribution is 9.10. The lowest BCUT2D eigenvalue weighted by molar-refractivity contribution is -0.438. The maximum atomic E-state index is 13.8. The summed E-state index contributed by atoms with van der Waals surface area (Å²) in [4.78, 5) is 16.2. The summed E-state index contributed by atoms with van der Waals surface area (Å²) >= 11 is 3.67. The Hall–Kier alpha value is -2.92. The monoisotopic (exact) mass is 643 g/mol. The Kier molecular flexibility index (Phi) is 9.23. The number of hydrogen-bond donors (Lipinski definition) is 1. The molecule has 0 amide bonds. The number of unbranched alkanes of at least 4 members (excludes halogenated alkanes) is 6. The number of aliphatic hydroxyl groups excluding tert-OH is 1. The van der Waals surface area contributed by atoms with E-state index in [0.29, 0.717) is 11.1 Å². The summed E-state index contributed by atoms with van der Waals surface area (Å²) in [6.07, 6.45) is 13.3. The second-order valence-corrected chi connectivity index (χ2v) is 14.3. The minimum Gasteiger partial charge on any atom is -0.506 e. The number of ketones is 1. The van der Waals surface area contributed by atoms with Crippen LogP contribution >= 0.6 is 15.9 Å². The third-order valence-corrected chi connectivity index (χ3v) is 10.2. The largest absolute Gasteiger partial charge is 0.506 e. The van der Waals surface area contributed by atoms with Crippen LogP contribution in [0.1, 0.15) is 104 Å². The summed E-state index contributed by atoms with van der Waals surface area (Å²) in [5, 5.41) is 11.4. The number of aliphatic hydroxyl groups is 1. The minimum absolute atomic E-state index is 0.0749. The van der Waals surface area contributed by atoms with E-state index in [1.54, 1.807) is 0 Å². The number of halogens is 1. The van der Waals surface area contributed by atoms with Crippen molar-refractivity contribution in [2.24, 2.45) is 0 Å². The van der Waals surface area contributed by atoms with Crippen LogP contribution in [0.15, 0.2) is 81.7 Å². The molecule has 1 N–H and O–H groups in total. The van der Waals surface area contributed by atoms with Crippen LogP contribution in [0.2, 0.25) is 0 Å².